The first-order chi connectivity index (χ1) is 8.11. The van der Waals surface area contributed by atoms with Gasteiger partial charge in [-0.25, -0.2) is 0 Å². The maximum absolute atomic E-state index is 10.5. The third kappa shape index (κ3) is 3.30. The molecule has 1 aliphatic rings. The molecule has 2 rings (SSSR count). The van der Waals surface area contributed by atoms with Gasteiger partial charge in [0.1, 0.15) is 0 Å². The molecule has 1 aromatic rings. The first-order valence-corrected chi connectivity index (χ1v) is 6.53. The van der Waals surface area contributed by atoms with Crippen LogP contribution in [0.15, 0.2) is 24.3 Å². The molecule has 0 bridgehead atoms. The number of aliphatic hydroxyl groups is 1. The summed E-state index contributed by atoms with van der Waals surface area (Å²) < 4.78 is 5.49. The van der Waals surface area contributed by atoms with E-state index in [1.165, 1.54) is 11.1 Å². The lowest BCUT2D eigenvalue weighted by molar-refractivity contribution is -0.0961. The van der Waals surface area contributed by atoms with Crippen LogP contribution in [0.25, 0.3) is 0 Å². The quantitative estimate of drug-likeness (QED) is 0.871. The van der Waals surface area contributed by atoms with Crippen LogP contribution in [0.1, 0.15) is 37.8 Å². The van der Waals surface area contributed by atoms with Crippen molar-refractivity contribution in [1.82, 2.24) is 0 Å². The summed E-state index contributed by atoms with van der Waals surface area (Å²) in [6.45, 7) is 4.86. The molecule has 2 nitrogen and oxygen atoms in total. The molecule has 1 aliphatic heterocycles. The highest BCUT2D eigenvalue weighted by atomic mass is 16.5. The van der Waals surface area contributed by atoms with Crippen molar-refractivity contribution in [2.24, 2.45) is 0 Å². The number of hydrogen-bond acceptors (Lipinski definition) is 2. The minimum Gasteiger partial charge on any atom is -0.389 e. The van der Waals surface area contributed by atoms with Crippen molar-refractivity contribution in [3.8, 4) is 0 Å². The molecular formula is C15H22O2. The Morgan fingerprint density at radius 1 is 1.29 bits per heavy atom. The fourth-order valence-electron chi connectivity index (χ4n) is 2.58. The molecule has 1 aromatic carbocycles. The van der Waals surface area contributed by atoms with E-state index in [1.54, 1.807) is 0 Å². The minimum atomic E-state index is -0.578. The number of hydrogen-bond donors (Lipinski definition) is 1. The Morgan fingerprint density at radius 3 is 2.53 bits per heavy atom. The van der Waals surface area contributed by atoms with Crippen LogP contribution in [-0.2, 0) is 17.6 Å². The molecule has 17 heavy (non-hydrogen) atoms. The third-order valence-corrected chi connectivity index (χ3v) is 3.60. The zero-order chi connectivity index (χ0) is 12.3. The Balaban J connectivity index is 2.03. The molecule has 2 unspecified atom stereocenters. The highest BCUT2D eigenvalue weighted by Crippen LogP contribution is 2.28. The predicted molar refractivity (Wildman–Crippen MR) is 69.1 cm³/mol. The van der Waals surface area contributed by atoms with E-state index < -0.39 is 5.60 Å². The van der Waals surface area contributed by atoms with Crippen molar-refractivity contribution in [2.45, 2.75) is 51.2 Å². The highest BCUT2D eigenvalue weighted by molar-refractivity contribution is 5.24. The van der Waals surface area contributed by atoms with Gasteiger partial charge < -0.3 is 9.84 Å². The van der Waals surface area contributed by atoms with Gasteiger partial charge in [0.25, 0.3) is 0 Å². The maximum atomic E-state index is 10.5. The second-order valence-corrected chi connectivity index (χ2v) is 5.21. The fraction of sp³-hybridized carbons (Fsp3) is 0.600. The van der Waals surface area contributed by atoms with E-state index in [9.17, 15) is 5.11 Å². The lowest BCUT2D eigenvalue weighted by atomic mass is 9.85. The van der Waals surface area contributed by atoms with Crippen LogP contribution in [0.4, 0.5) is 0 Å². The summed E-state index contributed by atoms with van der Waals surface area (Å²) in [7, 11) is 0. The van der Waals surface area contributed by atoms with Crippen molar-refractivity contribution >= 4 is 0 Å². The Labute approximate surface area is 104 Å². The molecule has 1 fully saturated rings. The van der Waals surface area contributed by atoms with Gasteiger partial charge >= 0.3 is 0 Å². The number of ether oxygens (including phenoxy) is 1. The summed E-state index contributed by atoms with van der Waals surface area (Å²) in [5, 5.41) is 10.5. The molecule has 0 radical (unpaired) electrons. The van der Waals surface area contributed by atoms with Gasteiger partial charge in [-0.1, -0.05) is 31.2 Å². The molecule has 2 heteroatoms. The van der Waals surface area contributed by atoms with Gasteiger partial charge in [-0.05, 0) is 30.9 Å². The molecule has 0 spiro atoms. The first kappa shape index (κ1) is 12.6. The van der Waals surface area contributed by atoms with Gasteiger partial charge in [0, 0.05) is 19.4 Å². The van der Waals surface area contributed by atoms with Gasteiger partial charge in [0.05, 0.1) is 11.7 Å². The van der Waals surface area contributed by atoms with Gasteiger partial charge in [-0.15, -0.1) is 0 Å². The van der Waals surface area contributed by atoms with Crippen LogP contribution in [0, 0.1) is 0 Å². The standard InChI is InChI=1S/C15H22O2/c1-3-13-4-6-14(7-5-13)11-15(16)8-9-17-12(2)10-15/h4-7,12,16H,3,8-11H2,1-2H3. The van der Waals surface area contributed by atoms with E-state index in [-0.39, 0.29) is 6.10 Å². The lowest BCUT2D eigenvalue weighted by Crippen LogP contribution is -2.41. The zero-order valence-electron chi connectivity index (χ0n) is 10.8. The number of aryl methyl sites for hydroxylation is 1. The van der Waals surface area contributed by atoms with Crippen molar-refractivity contribution in [2.75, 3.05) is 6.61 Å². The molecule has 0 aromatic heterocycles. The van der Waals surface area contributed by atoms with Crippen LogP contribution in [0.5, 0.6) is 0 Å². The van der Waals surface area contributed by atoms with Crippen molar-refractivity contribution in [3.05, 3.63) is 35.4 Å². The van der Waals surface area contributed by atoms with Crippen LogP contribution in [0.3, 0.4) is 0 Å². The molecule has 0 aliphatic carbocycles. The SMILES string of the molecule is CCc1ccc(CC2(O)CCOC(C)C2)cc1. The fourth-order valence-corrected chi connectivity index (χ4v) is 2.58. The number of rotatable bonds is 3. The van der Waals surface area contributed by atoms with Gasteiger partial charge in [-0.2, -0.15) is 0 Å². The van der Waals surface area contributed by atoms with Gasteiger partial charge in [0.2, 0.25) is 0 Å². The Hall–Kier alpha value is -0.860. The first-order valence-electron chi connectivity index (χ1n) is 6.53. The van der Waals surface area contributed by atoms with Gasteiger partial charge in [0.15, 0.2) is 0 Å². The monoisotopic (exact) mass is 234 g/mol. The molecule has 2 atom stereocenters. The molecular weight excluding hydrogens is 212 g/mol. The summed E-state index contributed by atoms with van der Waals surface area (Å²) >= 11 is 0. The lowest BCUT2D eigenvalue weighted by Gasteiger charge is -2.35. The summed E-state index contributed by atoms with van der Waals surface area (Å²) in [4.78, 5) is 0. The average molecular weight is 234 g/mol. The van der Waals surface area contributed by atoms with Crippen LogP contribution >= 0.6 is 0 Å². The maximum Gasteiger partial charge on any atom is 0.0734 e. The molecule has 94 valence electrons. The molecule has 1 heterocycles. The topological polar surface area (TPSA) is 29.5 Å². The summed E-state index contributed by atoms with van der Waals surface area (Å²) in [6.07, 6.45) is 3.46. The number of benzene rings is 1. The van der Waals surface area contributed by atoms with Crippen molar-refractivity contribution in [3.63, 3.8) is 0 Å². The summed E-state index contributed by atoms with van der Waals surface area (Å²) in [6, 6.07) is 8.58. The largest absolute Gasteiger partial charge is 0.389 e. The van der Waals surface area contributed by atoms with Crippen molar-refractivity contribution < 1.29 is 9.84 Å². The predicted octanol–water partition coefficient (Wildman–Crippen LogP) is 2.72. The van der Waals surface area contributed by atoms with Crippen LogP contribution in [0.2, 0.25) is 0 Å². The van der Waals surface area contributed by atoms with E-state index in [0.29, 0.717) is 6.61 Å². The van der Waals surface area contributed by atoms with E-state index >= 15 is 0 Å². The normalized spacial score (nSPS) is 29.2. The Morgan fingerprint density at radius 2 is 1.94 bits per heavy atom. The second kappa shape index (κ2) is 5.19. The molecule has 0 saturated carbocycles. The third-order valence-electron chi connectivity index (χ3n) is 3.60. The molecule has 1 saturated heterocycles. The van der Waals surface area contributed by atoms with E-state index in [1.807, 2.05) is 6.92 Å². The zero-order valence-corrected chi connectivity index (χ0v) is 10.8. The summed E-state index contributed by atoms with van der Waals surface area (Å²) in [5.74, 6) is 0. The van der Waals surface area contributed by atoms with Gasteiger partial charge in [-0.3, -0.25) is 0 Å². The highest BCUT2D eigenvalue weighted by Gasteiger charge is 2.33. The van der Waals surface area contributed by atoms with E-state index in [0.717, 1.165) is 25.7 Å². The minimum absolute atomic E-state index is 0.170. The smallest absolute Gasteiger partial charge is 0.0734 e. The Bertz CT molecular complexity index is 358. The molecule has 0 amide bonds. The van der Waals surface area contributed by atoms with Crippen LogP contribution < -0.4 is 0 Å². The van der Waals surface area contributed by atoms with Crippen LogP contribution in [-0.4, -0.2) is 23.4 Å². The summed E-state index contributed by atoms with van der Waals surface area (Å²) in [5.41, 5.74) is 1.99. The van der Waals surface area contributed by atoms with E-state index in [2.05, 4.69) is 31.2 Å². The van der Waals surface area contributed by atoms with Crippen molar-refractivity contribution in [1.29, 1.82) is 0 Å². The second-order valence-electron chi connectivity index (χ2n) is 5.21. The van der Waals surface area contributed by atoms with E-state index in [4.69, 9.17) is 4.74 Å². The average Bonchev–Trinajstić information content (AvgIpc) is 2.29. The molecule has 1 N–H and O–H groups in total. The Kier molecular flexibility index (Phi) is 3.85.